The van der Waals surface area contributed by atoms with Crippen LogP contribution in [0.5, 0.6) is 0 Å². The fraction of sp³-hybridized carbons (Fsp3) is 1.00. The standard InChI is InChI=1S/C12H26O4S.Na/c1-3-5-7-8-10-12(17(14,15)16)11(13)9-6-4-2;/h11-13H,3-10H2,1-2H3,(H,14,15,16);/q;+1/p-1. The van der Waals surface area contributed by atoms with Crippen LogP contribution in [0.4, 0.5) is 0 Å². The molecular weight excluding hydrogens is 263 g/mol. The molecule has 6 heteroatoms. The number of hydrogen-bond donors (Lipinski definition) is 1. The van der Waals surface area contributed by atoms with Gasteiger partial charge in [-0.25, -0.2) is 8.42 Å². The molecule has 0 aliphatic carbocycles. The molecule has 0 heterocycles. The van der Waals surface area contributed by atoms with Gasteiger partial charge in [0.25, 0.3) is 0 Å². The van der Waals surface area contributed by atoms with E-state index in [0.717, 1.165) is 32.1 Å². The fourth-order valence-electron chi connectivity index (χ4n) is 1.90. The van der Waals surface area contributed by atoms with Crippen LogP contribution in [0.2, 0.25) is 0 Å². The third-order valence-corrected chi connectivity index (χ3v) is 4.29. The van der Waals surface area contributed by atoms with Crippen molar-refractivity contribution in [3.8, 4) is 0 Å². The molecule has 0 rings (SSSR count). The third kappa shape index (κ3) is 9.75. The summed E-state index contributed by atoms with van der Waals surface area (Å²) in [6, 6.07) is 0. The van der Waals surface area contributed by atoms with E-state index in [1.54, 1.807) is 0 Å². The Morgan fingerprint density at radius 2 is 1.56 bits per heavy atom. The molecule has 0 amide bonds. The Hall–Kier alpha value is 0.870. The number of aliphatic hydroxyl groups excluding tert-OH is 1. The third-order valence-electron chi connectivity index (χ3n) is 3.00. The average molecular weight is 288 g/mol. The van der Waals surface area contributed by atoms with E-state index >= 15 is 0 Å². The second-order valence-corrected chi connectivity index (χ2v) is 6.18. The van der Waals surface area contributed by atoms with Gasteiger partial charge >= 0.3 is 29.6 Å². The van der Waals surface area contributed by atoms with Crippen molar-refractivity contribution in [2.75, 3.05) is 0 Å². The molecule has 0 aliphatic heterocycles. The number of hydrogen-bond acceptors (Lipinski definition) is 4. The summed E-state index contributed by atoms with van der Waals surface area (Å²) < 4.78 is 33.3. The maximum absolute atomic E-state index is 11.1. The van der Waals surface area contributed by atoms with Crippen molar-refractivity contribution in [3.05, 3.63) is 0 Å². The predicted molar refractivity (Wildman–Crippen MR) is 67.8 cm³/mol. The van der Waals surface area contributed by atoms with Crippen LogP contribution in [-0.4, -0.2) is 29.4 Å². The first-order valence-electron chi connectivity index (χ1n) is 6.56. The normalized spacial score (nSPS) is 14.9. The van der Waals surface area contributed by atoms with Crippen molar-refractivity contribution in [3.63, 3.8) is 0 Å². The fourth-order valence-corrected chi connectivity index (χ4v) is 2.88. The maximum Gasteiger partial charge on any atom is 1.00 e. The largest absolute Gasteiger partial charge is 1.00 e. The molecule has 0 radical (unpaired) electrons. The Bertz CT molecular complexity index is 280. The first-order valence-corrected chi connectivity index (χ1v) is 8.03. The number of unbranched alkanes of at least 4 members (excludes halogenated alkanes) is 4. The second-order valence-electron chi connectivity index (χ2n) is 4.59. The summed E-state index contributed by atoms with van der Waals surface area (Å²) in [6.45, 7) is 4.03. The smallest absolute Gasteiger partial charge is 0.748 e. The molecule has 0 spiro atoms. The van der Waals surface area contributed by atoms with Crippen LogP contribution >= 0.6 is 0 Å². The van der Waals surface area contributed by atoms with Crippen LogP contribution in [0.1, 0.15) is 65.2 Å². The van der Waals surface area contributed by atoms with Gasteiger partial charge in [-0.05, 0) is 12.8 Å². The topological polar surface area (TPSA) is 77.4 Å². The summed E-state index contributed by atoms with van der Waals surface area (Å²) in [7, 11) is -4.38. The summed E-state index contributed by atoms with van der Waals surface area (Å²) in [5.41, 5.74) is 0. The molecule has 0 aromatic rings. The van der Waals surface area contributed by atoms with E-state index < -0.39 is 21.5 Å². The van der Waals surface area contributed by atoms with Crippen molar-refractivity contribution in [1.82, 2.24) is 0 Å². The molecule has 1 N–H and O–H groups in total. The van der Waals surface area contributed by atoms with Gasteiger partial charge in [0, 0.05) is 0 Å². The molecule has 0 aromatic heterocycles. The maximum atomic E-state index is 11.1. The Morgan fingerprint density at radius 1 is 1.00 bits per heavy atom. The molecule has 4 nitrogen and oxygen atoms in total. The van der Waals surface area contributed by atoms with Gasteiger partial charge in [0.1, 0.15) is 10.1 Å². The number of aliphatic hydroxyl groups is 1. The minimum Gasteiger partial charge on any atom is -0.748 e. The van der Waals surface area contributed by atoms with E-state index in [1.807, 2.05) is 6.92 Å². The predicted octanol–water partition coefficient (Wildman–Crippen LogP) is -0.574. The summed E-state index contributed by atoms with van der Waals surface area (Å²) in [4.78, 5) is 0. The monoisotopic (exact) mass is 288 g/mol. The summed E-state index contributed by atoms with van der Waals surface area (Å²) >= 11 is 0. The molecule has 0 bridgehead atoms. The van der Waals surface area contributed by atoms with Crippen molar-refractivity contribution in [2.24, 2.45) is 0 Å². The molecule has 2 unspecified atom stereocenters. The van der Waals surface area contributed by atoms with Gasteiger partial charge in [-0.1, -0.05) is 52.4 Å². The zero-order valence-electron chi connectivity index (χ0n) is 11.9. The van der Waals surface area contributed by atoms with Crippen molar-refractivity contribution < 1.29 is 47.6 Å². The Kier molecular flexibility index (Phi) is 13.7. The quantitative estimate of drug-likeness (QED) is 0.332. The van der Waals surface area contributed by atoms with Gasteiger partial charge in [-0.3, -0.25) is 0 Å². The van der Waals surface area contributed by atoms with Gasteiger partial charge in [-0.2, -0.15) is 0 Å². The molecular formula is C12H25NaO4S. The van der Waals surface area contributed by atoms with Gasteiger partial charge in [0.15, 0.2) is 0 Å². The summed E-state index contributed by atoms with van der Waals surface area (Å²) in [6.07, 6.45) is 5.04. The van der Waals surface area contributed by atoms with Crippen LogP contribution in [0.25, 0.3) is 0 Å². The average Bonchev–Trinajstić information content (AvgIpc) is 2.24. The minimum atomic E-state index is -4.38. The van der Waals surface area contributed by atoms with E-state index in [2.05, 4.69) is 6.92 Å². The van der Waals surface area contributed by atoms with Crippen LogP contribution < -0.4 is 29.6 Å². The second kappa shape index (κ2) is 11.7. The molecule has 0 aromatic carbocycles. The van der Waals surface area contributed by atoms with Crippen molar-refractivity contribution in [2.45, 2.75) is 76.6 Å². The SMILES string of the molecule is CCCCCCC(C(O)CCCC)S(=O)(=O)[O-].[Na+]. The van der Waals surface area contributed by atoms with Crippen LogP contribution in [0.15, 0.2) is 0 Å². The van der Waals surface area contributed by atoms with Gasteiger partial charge in [-0.15, -0.1) is 0 Å². The van der Waals surface area contributed by atoms with Crippen LogP contribution in [-0.2, 0) is 10.1 Å². The zero-order chi connectivity index (χ0) is 13.3. The Balaban J connectivity index is 0. The van der Waals surface area contributed by atoms with Gasteiger partial charge in [0.05, 0.1) is 11.4 Å². The molecule has 0 saturated heterocycles. The molecule has 104 valence electrons. The summed E-state index contributed by atoms with van der Waals surface area (Å²) in [5.74, 6) is 0. The van der Waals surface area contributed by atoms with Crippen molar-refractivity contribution in [1.29, 1.82) is 0 Å². The van der Waals surface area contributed by atoms with E-state index in [9.17, 15) is 18.1 Å². The van der Waals surface area contributed by atoms with Crippen LogP contribution in [0.3, 0.4) is 0 Å². The molecule has 0 saturated carbocycles. The van der Waals surface area contributed by atoms with E-state index in [-0.39, 0.29) is 36.0 Å². The van der Waals surface area contributed by atoms with Crippen molar-refractivity contribution >= 4 is 10.1 Å². The van der Waals surface area contributed by atoms with Gasteiger partial charge in [0.2, 0.25) is 0 Å². The number of rotatable bonds is 10. The Morgan fingerprint density at radius 3 is 2.00 bits per heavy atom. The molecule has 2 atom stereocenters. The van der Waals surface area contributed by atoms with E-state index in [4.69, 9.17) is 0 Å². The summed E-state index contributed by atoms with van der Waals surface area (Å²) in [5, 5.41) is 8.63. The minimum absolute atomic E-state index is 0. The van der Waals surface area contributed by atoms with E-state index in [1.165, 1.54) is 0 Å². The van der Waals surface area contributed by atoms with Crippen LogP contribution in [0, 0.1) is 0 Å². The molecule has 0 fully saturated rings. The molecule has 18 heavy (non-hydrogen) atoms. The van der Waals surface area contributed by atoms with Gasteiger partial charge < -0.3 is 9.66 Å². The first kappa shape index (κ1) is 21.2. The zero-order valence-corrected chi connectivity index (χ0v) is 14.7. The Labute approximate surface area is 134 Å². The van der Waals surface area contributed by atoms with E-state index in [0.29, 0.717) is 12.8 Å². The molecule has 0 aliphatic rings. The first-order chi connectivity index (χ1) is 7.93.